The number of carbonyl (C=O) groups is 1. The molecule has 1 heterocycles. The summed E-state index contributed by atoms with van der Waals surface area (Å²) in [6.45, 7) is 1.21. The van der Waals surface area contributed by atoms with E-state index in [0.717, 1.165) is 12.8 Å². The van der Waals surface area contributed by atoms with Crippen LogP contribution in [0, 0.1) is 0 Å². The van der Waals surface area contributed by atoms with Gasteiger partial charge in [0.1, 0.15) is 6.29 Å². The number of aldehydes is 1. The van der Waals surface area contributed by atoms with E-state index >= 15 is 0 Å². The summed E-state index contributed by atoms with van der Waals surface area (Å²) in [5.41, 5.74) is 0. The zero-order valence-electron chi connectivity index (χ0n) is 6.59. The molecule has 2 N–H and O–H groups in total. The molecular formula is C6H12NO4P. The lowest BCUT2D eigenvalue weighted by atomic mass is 10.4. The van der Waals surface area contributed by atoms with Crippen molar-refractivity contribution in [3.63, 3.8) is 0 Å². The Bertz CT molecular complexity index is 208. The highest BCUT2D eigenvalue weighted by molar-refractivity contribution is 7.53. The first-order valence-electron chi connectivity index (χ1n) is 3.80. The Morgan fingerprint density at radius 2 is 1.83 bits per heavy atom. The SMILES string of the molecule is O=CC(N1CCCC1)P(=O)(O)O. The standard InChI is InChI=1S/C6H12NO4P/c8-5-6(12(9,10)11)7-3-1-2-4-7/h5-6H,1-4H2,(H2,9,10,11). The lowest BCUT2D eigenvalue weighted by molar-refractivity contribution is -0.110. The molecule has 0 aromatic rings. The highest BCUT2D eigenvalue weighted by Gasteiger charge is 2.35. The summed E-state index contributed by atoms with van der Waals surface area (Å²) < 4.78 is 10.8. The van der Waals surface area contributed by atoms with E-state index in [1.165, 1.54) is 4.90 Å². The first-order chi connectivity index (χ1) is 5.55. The van der Waals surface area contributed by atoms with Crippen LogP contribution in [0.3, 0.4) is 0 Å². The van der Waals surface area contributed by atoms with Gasteiger partial charge in [-0.3, -0.25) is 9.46 Å². The average molecular weight is 193 g/mol. The Balaban J connectivity index is 2.67. The molecule has 12 heavy (non-hydrogen) atoms. The summed E-state index contributed by atoms with van der Waals surface area (Å²) in [5, 5.41) is 0. The zero-order valence-corrected chi connectivity index (χ0v) is 7.48. The second-order valence-electron chi connectivity index (χ2n) is 2.88. The monoisotopic (exact) mass is 193 g/mol. The molecule has 0 radical (unpaired) electrons. The van der Waals surface area contributed by atoms with Crippen LogP contribution < -0.4 is 0 Å². The van der Waals surface area contributed by atoms with Crippen LogP contribution in [-0.4, -0.2) is 39.8 Å². The Kier molecular flexibility index (Phi) is 3.01. The maximum Gasteiger partial charge on any atom is 0.349 e. The van der Waals surface area contributed by atoms with Gasteiger partial charge in [-0.15, -0.1) is 0 Å². The van der Waals surface area contributed by atoms with E-state index in [-0.39, 0.29) is 0 Å². The number of hydrogen-bond donors (Lipinski definition) is 2. The normalized spacial score (nSPS) is 22.5. The number of carbonyl (C=O) groups excluding carboxylic acids is 1. The van der Waals surface area contributed by atoms with Crippen molar-refractivity contribution in [1.29, 1.82) is 0 Å². The van der Waals surface area contributed by atoms with Crippen LogP contribution in [0.25, 0.3) is 0 Å². The maximum absolute atomic E-state index is 10.8. The van der Waals surface area contributed by atoms with Gasteiger partial charge in [0.25, 0.3) is 0 Å². The molecule has 1 aliphatic heterocycles. The van der Waals surface area contributed by atoms with Crippen molar-refractivity contribution in [2.45, 2.75) is 18.6 Å². The van der Waals surface area contributed by atoms with Crippen LogP contribution >= 0.6 is 7.60 Å². The molecule has 1 atom stereocenters. The lowest BCUT2D eigenvalue weighted by Crippen LogP contribution is -2.33. The Morgan fingerprint density at radius 1 is 1.33 bits per heavy atom. The smallest absolute Gasteiger partial charge is 0.323 e. The Labute approximate surface area is 70.5 Å². The van der Waals surface area contributed by atoms with Crippen molar-refractivity contribution in [3.05, 3.63) is 0 Å². The minimum absolute atomic E-state index is 0.339. The number of rotatable bonds is 3. The van der Waals surface area contributed by atoms with E-state index in [1.54, 1.807) is 0 Å². The van der Waals surface area contributed by atoms with Crippen LogP contribution in [0.4, 0.5) is 0 Å². The zero-order chi connectivity index (χ0) is 9.19. The number of hydrogen-bond acceptors (Lipinski definition) is 3. The molecule has 0 aromatic carbocycles. The fourth-order valence-electron chi connectivity index (χ4n) is 1.38. The van der Waals surface area contributed by atoms with Crippen LogP contribution in [0.1, 0.15) is 12.8 Å². The predicted octanol–water partition coefficient (Wildman–Crippen LogP) is -0.215. The number of nitrogens with zero attached hydrogens (tertiary/aromatic N) is 1. The molecule has 1 fully saturated rings. The largest absolute Gasteiger partial charge is 0.349 e. The van der Waals surface area contributed by atoms with Crippen molar-refractivity contribution >= 4 is 13.9 Å². The summed E-state index contributed by atoms with van der Waals surface area (Å²) in [5.74, 6) is -1.22. The molecule has 1 unspecified atom stereocenters. The van der Waals surface area contributed by atoms with Gasteiger partial charge in [0.2, 0.25) is 0 Å². The van der Waals surface area contributed by atoms with Gasteiger partial charge in [0, 0.05) is 0 Å². The topological polar surface area (TPSA) is 77.8 Å². The molecule has 1 saturated heterocycles. The van der Waals surface area contributed by atoms with Gasteiger partial charge in [0.15, 0.2) is 5.78 Å². The minimum Gasteiger partial charge on any atom is -0.323 e. The Morgan fingerprint density at radius 3 is 2.17 bits per heavy atom. The van der Waals surface area contributed by atoms with Gasteiger partial charge < -0.3 is 14.6 Å². The maximum atomic E-state index is 10.8. The van der Waals surface area contributed by atoms with E-state index in [4.69, 9.17) is 9.79 Å². The first-order valence-corrected chi connectivity index (χ1v) is 5.48. The summed E-state index contributed by atoms with van der Waals surface area (Å²) >= 11 is 0. The van der Waals surface area contributed by atoms with Gasteiger partial charge in [-0.25, -0.2) is 0 Å². The van der Waals surface area contributed by atoms with Crippen molar-refractivity contribution in [2.75, 3.05) is 13.1 Å². The van der Waals surface area contributed by atoms with Crippen LogP contribution in [0.5, 0.6) is 0 Å². The minimum atomic E-state index is -4.27. The highest BCUT2D eigenvalue weighted by Crippen LogP contribution is 2.42. The van der Waals surface area contributed by atoms with E-state index in [9.17, 15) is 9.36 Å². The third-order valence-electron chi connectivity index (χ3n) is 1.98. The van der Waals surface area contributed by atoms with Crippen molar-refractivity contribution < 1.29 is 19.1 Å². The molecule has 5 nitrogen and oxygen atoms in total. The van der Waals surface area contributed by atoms with Crippen molar-refractivity contribution in [3.8, 4) is 0 Å². The van der Waals surface area contributed by atoms with Gasteiger partial charge in [-0.2, -0.15) is 0 Å². The van der Waals surface area contributed by atoms with E-state index < -0.39 is 13.4 Å². The van der Waals surface area contributed by atoms with Gasteiger partial charge in [-0.05, 0) is 25.9 Å². The lowest BCUT2D eigenvalue weighted by Gasteiger charge is -2.22. The molecule has 70 valence electrons. The molecule has 0 saturated carbocycles. The second-order valence-corrected chi connectivity index (χ2v) is 4.59. The fraction of sp³-hybridized carbons (Fsp3) is 0.833. The van der Waals surface area contributed by atoms with E-state index in [2.05, 4.69) is 0 Å². The van der Waals surface area contributed by atoms with Crippen molar-refractivity contribution in [1.82, 2.24) is 4.90 Å². The summed E-state index contributed by atoms with van der Waals surface area (Å²) in [7, 11) is -4.27. The molecule has 6 heteroatoms. The summed E-state index contributed by atoms with van der Waals surface area (Å²) in [4.78, 5) is 29.5. The molecule has 0 bridgehead atoms. The molecule has 0 aromatic heterocycles. The molecule has 0 amide bonds. The van der Waals surface area contributed by atoms with E-state index in [0.29, 0.717) is 19.4 Å². The Hall–Kier alpha value is -0.220. The first kappa shape index (κ1) is 9.86. The summed E-state index contributed by atoms with van der Waals surface area (Å²) in [6, 6.07) is 0. The predicted molar refractivity (Wildman–Crippen MR) is 42.7 cm³/mol. The third-order valence-corrected chi connectivity index (χ3v) is 3.12. The fourth-order valence-corrected chi connectivity index (χ4v) is 2.20. The van der Waals surface area contributed by atoms with Gasteiger partial charge in [0.05, 0.1) is 0 Å². The number of likely N-dealkylation sites (tertiary alicyclic amines) is 1. The molecular weight excluding hydrogens is 181 g/mol. The third kappa shape index (κ3) is 2.14. The quantitative estimate of drug-likeness (QED) is 0.478. The molecule has 0 aliphatic carbocycles. The highest BCUT2D eigenvalue weighted by atomic mass is 31.2. The molecule has 1 rings (SSSR count). The van der Waals surface area contributed by atoms with Crippen molar-refractivity contribution in [2.24, 2.45) is 0 Å². The average Bonchev–Trinajstić information content (AvgIpc) is 2.38. The van der Waals surface area contributed by atoms with Gasteiger partial charge in [-0.1, -0.05) is 0 Å². The van der Waals surface area contributed by atoms with Gasteiger partial charge >= 0.3 is 7.60 Å². The second kappa shape index (κ2) is 3.66. The van der Waals surface area contributed by atoms with Crippen LogP contribution in [-0.2, 0) is 9.36 Å². The molecule has 1 aliphatic rings. The van der Waals surface area contributed by atoms with Crippen LogP contribution in [0.2, 0.25) is 0 Å². The van der Waals surface area contributed by atoms with E-state index in [1.807, 2.05) is 0 Å². The summed E-state index contributed by atoms with van der Waals surface area (Å²) in [6.07, 6.45) is 2.15. The van der Waals surface area contributed by atoms with Crippen LogP contribution in [0.15, 0.2) is 0 Å². The molecule has 0 spiro atoms.